The van der Waals surface area contributed by atoms with Crippen LogP contribution in [0, 0.1) is 0 Å². The lowest BCUT2D eigenvalue weighted by molar-refractivity contribution is 0.115. The van der Waals surface area contributed by atoms with Gasteiger partial charge in [-0.05, 0) is 49.6 Å². The van der Waals surface area contributed by atoms with Crippen molar-refractivity contribution in [2.75, 3.05) is 27.2 Å². The van der Waals surface area contributed by atoms with Gasteiger partial charge in [-0.1, -0.05) is 18.2 Å². The molecule has 2 aliphatic rings. The van der Waals surface area contributed by atoms with Crippen LogP contribution in [0.4, 0.5) is 9.59 Å². The number of piperidine rings is 1. The number of H-pyrrole nitrogens is 1. The predicted molar refractivity (Wildman–Crippen MR) is 113 cm³/mol. The smallest absolute Gasteiger partial charge is 0.409 e. The molecule has 2 aromatic rings. The molecule has 8 heteroatoms. The van der Waals surface area contributed by atoms with Gasteiger partial charge in [0.15, 0.2) is 0 Å². The SMILES string of the molecule is CN(C(=O)NCc1cc2ccccc2[nH]1)C1CC1.COC(=O)N1CCCCC1.O. The summed E-state index contributed by atoms with van der Waals surface area (Å²) >= 11 is 0. The molecule has 0 bridgehead atoms. The van der Waals surface area contributed by atoms with E-state index in [-0.39, 0.29) is 17.6 Å². The van der Waals surface area contributed by atoms with Crippen LogP contribution in [0.1, 0.15) is 37.8 Å². The lowest BCUT2D eigenvalue weighted by Crippen LogP contribution is -2.38. The summed E-state index contributed by atoms with van der Waals surface area (Å²) < 4.78 is 4.58. The molecule has 1 saturated heterocycles. The van der Waals surface area contributed by atoms with Gasteiger partial charge in [-0.2, -0.15) is 0 Å². The molecule has 0 spiro atoms. The van der Waals surface area contributed by atoms with Crippen LogP contribution in [0.3, 0.4) is 0 Å². The lowest BCUT2D eigenvalue weighted by Gasteiger charge is -2.24. The molecule has 1 aromatic heterocycles. The van der Waals surface area contributed by atoms with Gasteiger partial charge in [0.1, 0.15) is 0 Å². The summed E-state index contributed by atoms with van der Waals surface area (Å²) in [7, 11) is 3.29. The van der Waals surface area contributed by atoms with Crippen molar-refractivity contribution in [3.8, 4) is 0 Å². The van der Waals surface area contributed by atoms with Crippen molar-refractivity contribution < 1.29 is 19.8 Å². The summed E-state index contributed by atoms with van der Waals surface area (Å²) in [6.07, 6.45) is 5.57. The minimum Gasteiger partial charge on any atom is -0.453 e. The fraction of sp³-hybridized carbons (Fsp3) is 0.524. The monoisotopic (exact) mass is 404 g/mol. The molecule has 1 saturated carbocycles. The van der Waals surface area contributed by atoms with Gasteiger partial charge in [-0.15, -0.1) is 0 Å². The first-order valence-corrected chi connectivity index (χ1v) is 9.98. The molecular formula is C21H32N4O4. The number of amides is 3. The predicted octanol–water partition coefficient (Wildman–Crippen LogP) is 2.89. The molecule has 1 aliphatic heterocycles. The van der Waals surface area contributed by atoms with Crippen LogP contribution in [0.2, 0.25) is 0 Å². The van der Waals surface area contributed by atoms with Crippen LogP contribution >= 0.6 is 0 Å². The fourth-order valence-corrected chi connectivity index (χ4v) is 3.36. The number of likely N-dealkylation sites (tertiary alicyclic amines) is 1. The molecule has 0 atom stereocenters. The molecule has 3 amide bonds. The zero-order valence-corrected chi connectivity index (χ0v) is 17.2. The van der Waals surface area contributed by atoms with Gasteiger partial charge in [0.05, 0.1) is 13.7 Å². The number of para-hydroxylation sites is 1. The quantitative estimate of drug-likeness (QED) is 0.821. The average molecular weight is 405 g/mol. The van der Waals surface area contributed by atoms with Crippen LogP contribution in [0.15, 0.2) is 30.3 Å². The van der Waals surface area contributed by atoms with E-state index < -0.39 is 0 Å². The van der Waals surface area contributed by atoms with E-state index in [2.05, 4.69) is 27.2 Å². The Morgan fingerprint density at radius 1 is 1.21 bits per heavy atom. The van der Waals surface area contributed by atoms with Gasteiger partial charge in [0, 0.05) is 37.4 Å². The van der Waals surface area contributed by atoms with Gasteiger partial charge in [0.25, 0.3) is 0 Å². The van der Waals surface area contributed by atoms with Crippen molar-refractivity contribution in [1.29, 1.82) is 0 Å². The minimum atomic E-state index is -0.181. The first-order chi connectivity index (χ1) is 13.6. The first-order valence-electron chi connectivity index (χ1n) is 9.98. The lowest BCUT2D eigenvalue weighted by atomic mass is 10.1. The molecule has 0 radical (unpaired) electrons. The molecule has 160 valence electrons. The van der Waals surface area contributed by atoms with E-state index >= 15 is 0 Å². The summed E-state index contributed by atoms with van der Waals surface area (Å²) in [5.41, 5.74) is 2.14. The summed E-state index contributed by atoms with van der Waals surface area (Å²) in [4.78, 5) is 29.5. The number of ether oxygens (including phenoxy) is 1. The number of nitrogens with zero attached hydrogens (tertiary/aromatic N) is 2. The number of fused-ring (bicyclic) bond motifs is 1. The second-order valence-corrected chi connectivity index (χ2v) is 7.40. The largest absolute Gasteiger partial charge is 0.453 e. The van der Waals surface area contributed by atoms with Gasteiger partial charge in [0.2, 0.25) is 0 Å². The second-order valence-electron chi connectivity index (χ2n) is 7.40. The number of urea groups is 1. The number of carbonyl (C=O) groups is 2. The van der Waals surface area contributed by atoms with Gasteiger partial charge in [-0.3, -0.25) is 0 Å². The maximum absolute atomic E-state index is 11.8. The zero-order valence-electron chi connectivity index (χ0n) is 17.2. The first kappa shape index (κ1) is 22.5. The van der Waals surface area contributed by atoms with Gasteiger partial charge in [-0.25, -0.2) is 9.59 Å². The Balaban J connectivity index is 0.000000234. The highest BCUT2D eigenvalue weighted by molar-refractivity contribution is 5.80. The molecule has 4 rings (SSSR count). The average Bonchev–Trinajstić information content (AvgIpc) is 3.51. The highest BCUT2D eigenvalue weighted by atomic mass is 16.5. The standard InChI is InChI=1S/C14H17N3O.C7H13NO2.H2O/c1-17(12-6-7-12)14(18)15-9-11-8-10-4-2-3-5-13(10)16-11;1-10-7(9)8-5-3-2-4-6-8;/h2-5,8,12,16H,6-7,9H2,1H3,(H,15,18);2-6H2,1H3;1H2. The molecule has 29 heavy (non-hydrogen) atoms. The number of nitrogens with one attached hydrogen (secondary N) is 2. The Morgan fingerprint density at radius 2 is 1.90 bits per heavy atom. The van der Waals surface area contributed by atoms with E-state index in [0.29, 0.717) is 12.6 Å². The number of aromatic amines is 1. The molecule has 8 nitrogen and oxygen atoms in total. The van der Waals surface area contributed by atoms with Crippen LogP contribution in [0.5, 0.6) is 0 Å². The van der Waals surface area contributed by atoms with E-state index in [1.807, 2.05) is 25.2 Å². The van der Waals surface area contributed by atoms with Crippen molar-refractivity contribution >= 4 is 23.0 Å². The third kappa shape index (κ3) is 6.39. The van der Waals surface area contributed by atoms with Crippen molar-refractivity contribution in [3.05, 3.63) is 36.0 Å². The number of hydrogen-bond donors (Lipinski definition) is 2. The third-order valence-corrected chi connectivity index (χ3v) is 5.22. The van der Waals surface area contributed by atoms with Gasteiger partial charge >= 0.3 is 12.1 Å². The van der Waals surface area contributed by atoms with Crippen molar-refractivity contribution in [3.63, 3.8) is 0 Å². The Bertz CT molecular complexity index is 764. The highest BCUT2D eigenvalue weighted by Crippen LogP contribution is 2.25. The zero-order chi connectivity index (χ0) is 19.9. The maximum atomic E-state index is 11.8. The molecule has 2 heterocycles. The van der Waals surface area contributed by atoms with Crippen LogP contribution < -0.4 is 5.32 Å². The van der Waals surface area contributed by atoms with Crippen molar-refractivity contribution in [2.45, 2.75) is 44.7 Å². The maximum Gasteiger partial charge on any atom is 0.409 e. The van der Waals surface area contributed by atoms with E-state index in [1.54, 1.807) is 9.80 Å². The van der Waals surface area contributed by atoms with E-state index in [4.69, 9.17) is 0 Å². The summed E-state index contributed by atoms with van der Waals surface area (Å²) in [5.74, 6) is 0. The second kappa shape index (κ2) is 10.7. The molecule has 1 aliphatic carbocycles. The van der Waals surface area contributed by atoms with E-state index in [0.717, 1.165) is 50.0 Å². The Hall–Kier alpha value is -2.74. The van der Waals surface area contributed by atoms with Crippen LogP contribution in [0.25, 0.3) is 10.9 Å². The summed E-state index contributed by atoms with van der Waals surface area (Å²) in [6, 6.07) is 10.7. The minimum absolute atomic E-state index is 0. The highest BCUT2D eigenvalue weighted by Gasteiger charge is 2.29. The Kier molecular flexibility index (Phi) is 8.33. The number of benzene rings is 1. The van der Waals surface area contributed by atoms with E-state index in [1.165, 1.54) is 18.9 Å². The molecule has 4 N–H and O–H groups in total. The molecule has 2 fully saturated rings. The molecule has 1 aromatic carbocycles. The van der Waals surface area contributed by atoms with Gasteiger partial charge < -0.3 is 30.3 Å². The summed E-state index contributed by atoms with van der Waals surface area (Å²) in [6.45, 7) is 2.28. The fourth-order valence-electron chi connectivity index (χ4n) is 3.36. The van der Waals surface area contributed by atoms with E-state index in [9.17, 15) is 9.59 Å². The van der Waals surface area contributed by atoms with Crippen molar-refractivity contribution in [2.24, 2.45) is 0 Å². The Morgan fingerprint density at radius 3 is 2.52 bits per heavy atom. The number of rotatable bonds is 3. The number of carbonyl (C=O) groups excluding carboxylic acids is 2. The normalized spacial score (nSPS) is 15.6. The topological polar surface area (TPSA) is 109 Å². The number of aromatic nitrogens is 1. The third-order valence-electron chi connectivity index (χ3n) is 5.22. The molecular weight excluding hydrogens is 372 g/mol. The van der Waals surface area contributed by atoms with Crippen LogP contribution in [-0.2, 0) is 11.3 Å². The number of methoxy groups -OCH3 is 1. The number of hydrogen-bond acceptors (Lipinski definition) is 3. The van der Waals surface area contributed by atoms with Crippen molar-refractivity contribution in [1.82, 2.24) is 20.1 Å². The summed E-state index contributed by atoms with van der Waals surface area (Å²) in [5, 5.41) is 4.11. The van der Waals surface area contributed by atoms with Crippen LogP contribution in [-0.4, -0.2) is 65.7 Å². The Labute approximate surface area is 171 Å². The molecule has 0 unspecified atom stereocenters.